The number of aliphatic carboxylic acids is 1. The molecule has 0 spiro atoms. The average Bonchev–Trinajstić information content (AvgIpc) is 2.40. The summed E-state index contributed by atoms with van der Waals surface area (Å²) in [4.78, 5) is 10.7. The molecule has 1 atom stereocenters. The topological polar surface area (TPSA) is 40.1 Å². The lowest BCUT2D eigenvalue weighted by atomic mass is 10.1. The highest BCUT2D eigenvalue weighted by atomic mass is 16.4. The Bertz CT molecular complexity index is 264. The molecular weight excluding hydrogens is 262 g/mol. The maximum Gasteiger partial charge on any atom is 0.0910 e. The van der Waals surface area contributed by atoms with Gasteiger partial charge < -0.3 is 14.4 Å². The Labute approximate surface area is 132 Å². The molecule has 0 aromatic carbocycles. The predicted octanol–water partition coefficient (Wildman–Crippen LogP) is 3.51. The zero-order chi connectivity index (χ0) is 16.1. The molecule has 0 saturated carbocycles. The Hall–Kier alpha value is -0.570. The largest absolute Gasteiger partial charge is 0.550 e. The van der Waals surface area contributed by atoms with E-state index in [0.717, 1.165) is 11.0 Å². The fourth-order valence-corrected chi connectivity index (χ4v) is 2.72. The quantitative estimate of drug-likeness (QED) is 0.364. The van der Waals surface area contributed by atoms with E-state index in [9.17, 15) is 9.90 Å². The molecule has 0 rings (SSSR count). The fourth-order valence-electron chi connectivity index (χ4n) is 2.72. The normalized spacial score (nSPS) is 13.3. The first kappa shape index (κ1) is 20.4. The van der Waals surface area contributed by atoms with Crippen molar-refractivity contribution in [3.8, 4) is 0 Å². The molecule has 0 saturated heterocycles. The number of unbranched alkanes of at least 4 members (excludes halogenated alkanes) is 9. The summed E-state index contributed by atoms with van der Waals surface area (Å²) >= 11 is 0. The second kappa shape index (κ2) is 12.0. The summed E-state index contributed by atoms with van der Waals surface area (Å²) in [6.07, 6.45) is 13.6. The third kappa shape index (κ3) is 11.7. The number of carbonyl (C=O) groups excluding carboxylic acids is 1. The molecule has 3 heteroatoms. The van der Waals surface area contributed by atoms with Crippen molar-refractivity contribution in [2.24, 2.45) is 0 Å². The number of hydrogen-bond acceptors (Lipinski definition) is 2. The summed E-state index contributed by atoms with van der Waals surface area (Å²) < 4.78 is 0.783. The van der Waals surface area contributed by atoms with Gasteiger partial charge in [-0.2, -0.15) is 0 Å². The lowest BCUT2D eigenvalue weighted by Gasteiger charge is -2.36. The van der Waals surface area contributed by atoms with Crippen LogP contribution in [0, 0.1) is 0 Å². The maximum absolute atomic E-state index is 10.7. The number of nitrogens with zero attached hydrogens (tertiary/aromatic N) is 1. The van der Waals surface area contributed by atoms with Gasteiger partial charge in [-0.15, -0.1) is 0 Å². The van der Waals surface area contributed by atoms with Gasteiger partial charge >= 0.3 is 0 Å². The van der Waals surface area contributed by atoms with Crippen LogP contribution in [-0.4, -0.2) is 37.1 Å². The van der Waals surface area contributed by atoms with Gasteiger partial charge in [0, 0.05) is 12.4 Å². The van der Waals surface area contributed by atoms with Crippen LogP contribution >= 0.6 is 0 Å². The summed E-state index contributed by atoms with van der Waals surface area (Å²) in [6, 6.07) is 0.133. The van der Waals surface area contributed by atoms with Crippen LogP contribution in [0.4, 0.5) is 0 Å². The molecule has 126 valence electrons. The lowest BCUT2D eigenvalue weighted by Crippen LogP contribution is -2.50. The third-order valence-electron chi connectivity index (χ3n) is 4.74. The van der Waals surface area contributed by atoms with Gasteiger partial charge in [0.25, 0.3) is 0 Å². The molecule has 0 bridgehead atoms. The number of carbonyl (C=O) groups is 1. The van der Waals surface area contributed by atoms with Gasteiger partial charge in [-0.3, -0.25) is 0 Å². The zero-order valence-electron chi connectivity index (χ0n) is 14.8. The molecule has 3 nitrogen and oxygen atoms in total. The minimum absolute atomic E-state index is 0.133. The number of hydrogen-bond donors (Lipinski definition) is 0. The molecular formula is C18H37NO2. The monoisotopic (exact) mass is 299 g/mol. The Kier molecular flexibility index (Phi) is 11.7. The Morgan fingerprint density at radius 1 is 0.905 bits per heavy atom. The first-order valence-corrected chi connectivity index (χ1v) is 8.92. The first-order chi connectivity index (χ1) is 9.90. The van der Waals surface area contributed by atoms with E-state index in [2.05, 4.69) is 21.0 Å². The molecule has 0 aromatic heterocycles. The molecule has 0 aliphatic heterocycles. The van der Waals surface area contributed by atoms with Gasteiger partial charge in [0.15, 0.2) is 0 Å². The smallest absolute Gasteiger partial charge is 0.0910 e. The lowest BCUT2D eigenvalue weighted by molar-refractivity contribution is -0.913. The molecule has 0 N–H and O–H groups in total. The molecule has 0 radical (unpaired) electrons. The summed E-state index contributed by atoms with van der Waals surface area (Å²) in [6.45, 7) is 5.32. The van der Waals surface area contributed by atoms with Crippen LogP contribution < -0.4 is 5.11 Å². The van der Waals surface area contributed by atoms with E-state index in [1.165, 1.54) is 64.2 Å². The van der Waals surface area contributed by atoms with Crippen molar-refractivity contribution in [1.82, 2.24) is 0 Å². The zero-order valence-corrected chi connectivity index (χ0v) is 14.8. The van der Waals surface area contributed by atoms with Crippen LogP contribution in [0.15, 0.2) is 0 Å². The van der Waals surface area contributed by atoms with Crippen LogP contribution in [0.2, 0.25) is 0 Å². The van der Waals surface area contributed by atoms with Gasteiger partial charge in [0.05, 0.1) is 26.7 Å². The van der Waals surface area contributed by atoms with Crippen molar-refractivity contribution in [1.29, 1.82) is 0 Å². The number of carboxylic acid groups (broad SMARTS) is 1. The van der Waals surface area contributed by atoms with Crippen molar-refractivity contribution < 1.29 is 14.4 Å². The predicted molar refractivity (Wildman–Crippen MR) is 87.9 cm³/mol. The molecule has 0 aliphatic carbocycles. The van der Waals surface area contributed by atoms with E-state index in [4.69, 9.17) is 0 Å². The van der Waals surface area contributed by atoms with Crippen molar-refractivity contribution in [2.45, 2.75) is 90.5 Å². The molecule has 0 heterocycles. The summed E-state index contributed by atoms with van der Waals surface area (Å²) in [7, 11) is 4.25. The Morgan fingerprint density at radius 2 is 1.33 bits per heavy atom. The minimum Gasteiger partial charge on any atom is -0.550 e. The average molecular weight is 299 g/mol. The van der Waals surface area contributed by atoms with Crippen LogP contribution in [0.25, 0.3) is 0 Å². The highest BCUT2D eigenvalue weighted by molar-refractivity contribution is 5.64. The first-order valence-electron chi connectivity index (χ1n) is 8.92. The molecule has 0 aromatic rings. The van der Waals surface area contributed by atoms with Gasteiger partial charge in [-0.05, 0) is 19.8 Å². The van der Waals surface area contributed by atoms with E-state index in [-0.39, 0.29) is 12.5 Å². The molecule has 0 fully saturated rings. The second-order valence-electron chi connectivity index (χ2n) is 7.11. The number of carboxylic acids is 1. The standard InChI is InChI=1S/C18H37NO2/c1-5-6-7-8-9-10-11-12-13-14-15-19(3,4)17(2)16-18(20)21/h17H,5-16H2,1-4H3. The maximum atomic E-state index is 10.7. The SMILES string of the molecule is CCCCCCCCCCCC[N+](C)(C)C(C)CC(=O)[O-]. The van der Waals surface area contributed by atoms with Crippen molar-refractivity contribution in [3.05, 3.63) is 0 Å². The van der Waals surface area contributed by atoms with E-state index >= 15 is 0 Å². The summed E-state index contributed by atoms with van der Waals surface area (Å²) in [5.41, 5.74) is 0. The van der Waals surface area contributed by atoms with Crippen LogP contribution in [-0.2, 0) is 4.79 Å². The number of rotatable bonds is 14. The molecule has 0 amide bonds. The third-order valence-corrected chi connectivity index (χ3v) is 4.74. The number of quaternary nitrogens is 1. The molecule has 0 aliphatic rings. The fraction of sp³-hybridized carbons (Fsp3) is 0.944. The highest BCUT2D eigenvalue weighted by Crippen LogP contribution is 2.14. The summed E-state index contributed by atoms with van der Waals surface area (Å²) in [5.74, 6) is -0.934. The van der Waals surface area contributed by atoms with E-state index in [1.54, 1.807) is 0 Å². The van der Waals surface area contributed by atoms with Crippen molar-refractivity contribution >= 4 is 5.97 Å². The Morgan fingerprint density at radius 3 is 1.76 bits per heavy atom. The van der Waals surface area contributed by atoms with E-state index in [0.29, 0.717) is 0 Å². The van der Waals surface area contributed by atoms with Gasteiger partial charge in [0.2, 0.25) is 0 Å². The van der Waals surface area contributed by atoms with Gasteiger partial charge in [0.1, 0.15) is 0 Å². The molecule has 1 unspecified atom stereocenters. The van der Waals surface area contributed by atoms with Crippen LogP contribution in [0.1, 0.15) is 84.5 Å². The highest BCUT2D eigenvalue weighted by Gasteiger charge is 2.23. The van der Waals surface area contributed by atoms with E-state index in [1.807, 2.05) is 6.92 Å². The van der Waals surface area contributed by atoms with Crippen LogP contribution in [0.3, 0.4) is 0 Å². The Balaban J connectivity index is 3.50. The van der Waals surface area contributed by atoms with Crippen molar-refractivity contribution in [2.75, 3.05) is 20.6 Å². The summed E-state index contributed by atoms with van der Waals surface area (Å²) in [5, 5.41) is 10.7. The van der Waals surface area contributed by atoms with E-state index < -0.39 is 5.97 Å². The second-order valence-corrected chi connectivity index (χ2v) is 7.11. The van der Waals surface area contributed by atoms with Gasteiger partial charge in [-0.25, -0.2) is 0 Å². The van der Waals surface area contributed by atoms with Gasteiger partial charge in [-0.1, -0.05) is 58.3 Å². The van der Waals surface area contributed by atoms with Crippen LogP contribution in [0.5, 0.6) is 0 Å². The minimum atomic E-state index is -0.934. The van der Waals surface area contributed by atoms with Crippen molar-refractivity contribution in [3.63, 3.8) is 0 Å². The molecule has 21 heavy (non-hydrogen) atoms.